The van der Waals surface area contributed by atoms with E-state index in [0.29, 0.717) is 16.6 Å². The summed E-state index contributed by atoms with van der Waals surface area (Å²) in [7, 11) is 0. The summed E-state index contributed by atoms with van der Waals surface area (Å²) in [6.45, 7) is 0. The van der Waals surface area contributed by atoms with Crippen molar-refractivity contribution in [2.45, 2.75) is 6.10 Å². The molecule has 0 aliphatic carbocycles. The van der Waals surface area contributed by atoms with Crippen molar-refractivity contribution in [3.8, 4) is 22.5 Å². The van der Waals surface area contributed by atoms with Crippen LogP contribution in [0.1, 0.15) is 27.6 Å². The average molecular weight is 493 g/mol. The maximum Gasteiger partial charge on any atom is 0.339 e. The zero-order chi connectivity index (χ0) is 25.7. The first kappa shape index (κ1) is 23.3. The molecule has 4 nitrogen and oxygen atoms in total. The fourth-order valence-electron chi connectivity index (χ4n) is 4.54. The van der Waals surface area contributed by atoms with E-state index in [2.05, 4.69) is 0 Å². The Morgan fingerprint density at radius 2 is 0.974 bits per heavy atom. The van der Waals surface area contributed by atoms with Gasteiger partial charge in [-0.05, 0) is 29.3 Å². The van der Waals surface area contributed by atoms with Crippen molar-refractivity contribution >= 4 is 17.0 Å². The molecule has 0 aliphatic heterocycles. The summed E-state index contributed by atoms with van der Waals surface area (Å²) in [4.78, 5) is 23.4. The molecule has 1 aromatic heterocycles. The highest BCUT2D eigenvalue weighted by atomic mass is 16.5. The summed E-state index contributed by atoms with van der Waals surface area (Å²) in [5, 5.41) is 0. The molecule has 38 heavy (non-hydrogen) atoms. The van der Waals surface area contributed by atoms with E-state index in [9.17, 15) is 4.79 Å². The number of benzene rings is 5. The predicted molar refractivity (Wildman–Crippen MR) is 151 cm³/mol. The van der Waals surface area contributed by atoms with Gasteiger partial charge in [-0.25, -0.2) is 14.8 Å². The van der Waals surface area contributed by atoms with Crippen molar-refractivity contribution in [1.29, 1.82) is 0 Å². The van der Waals surface area contributed by atoms with Gasteiger partial charge < -0.3 is 4.74 Å². The van der Waals surface area contributed by atoms with E-state index in [1.165, 1.54) is 0 Å². The lowest BCUT2D eigenvalue weighted by atomic mass is 10.0. The van der Waals surface area contributed by atoms with E-state index in [4.69, 9.17) is 14.7 Å². The number of hydrogen-bond acceptors (Lipinski definition) is 4. The quantitative estimate of drug-likeness (QED) is 0.222. The highest BCUT2D eigenvalue weighted by molar-refractivity contribution is 5.95. The highest BCUT2D eigenvalue weighted by Crippen LogP contribution is 2.32. The SMILES string of the molecule is O=C(OC(c1ccccc1)c1ccccc1)c1ccc2nc(-c3ccccc3)c(-c3ccccc3)nc2c1. The van der Waals surface area contributed by atoms with Gasteiger partial charge in [0, 0.05) is 11.1 Å². The zero-order valence-electron chi connectivity index (χ0n) is 20.6. The van der Waals surface area contributed by atoms with Crippen LogP contribution in [0.3, 0.4) is 0 Å². The van der Waals surface area contributed by atoms with E-state index in [0.717, 1.165) is 33.6 Å². The number of nitrogens with zero attached hydrogens (tertiary/aromatic N) is 2. The van der Waals surface area contributed by atoms with Crippen molar-refractivity contribution < 1.29 is 9.53 Å². The van der Waals surface area contributed by atoms with Crippen LogP contribution in [-0.4, -0.2) is 15.9 Å². The Bertz CT molecular complexity index is 1650. The minimum atomic E-state index is -0.521. The van der Waals surface area contributed by atoms with Crippen molar-refractivity contribution in [2.75, 3.05) is 0 Å². The predicted octanol–water partition coefficient (Wildman–Crippen LogP) is 7.91. The summed E-state index contributed by atoms with van der Waals surface area (Å²) in [5.74, 6) is -0.417. The van der Waals surface area contributed by atoms with Crippen LogP contribution in [0.2, 0.25) is 0 Å². The zero-order valence-corrected chi connectivity index (χ0v) is 20.6. The Morgan fingerprint density at radius 1 is 0.526 bits per heavy atom. The number of fused-ring (bicyclic) bond motifs is 1. The van der Waals surface area contributed by atoms with Crippen LogP contribution in [0, 0.1) is 0 Å². The molecular weight excluding hydrogens is 468 g/mol. The third-order valence-electron chi connectivity index (χ3n) is 6.42. The molecule has 0 unspecified atom stereocenters. The molecule has 0 bridgehead atoms. The molecule has 6 aromatic rings. The lowest BCUT2D eigenvalue weighted by Gasteiger charge is -2.19. The van der Waals surface area contributed by atoms with Crippen LogP contribution in [0.25, 0.3) is 33.5 Å². The second kappa shape index (κ2) is 10.5. The first-order valence-corrected chi connectivity index (χ1v) is 12.5. The Hall–Kier alpha value is -5.09. The van der Waals surface area contributed by atoms with Crippen LogP contribution in [0.4, 0.5) is 0 Å². The number of rotatable bonds is 6. The molecule has 1 heterocycles. The Balaban J connectivity index is 1.40. The lowest BCUT2D eigenvalue weighted by molar-refractivity contribution is 0.0378. The van der Waals surface area contributed by atoms with Crippen molar-refractivity contribution in [3.05, 3.63) is 156 Å². The van der Waals surface area contributed by atoms with Crippen molar-refractivity contribution in [2.24, 2.45) is 0 Å². The molecular formula is C34H24N2O2. The largest absolute Gasteiger partial charge is 0.449 e. The highest BCUT2D eigenvalue weighted by Gasteiger charge is 2.21. The second-order valence-corrected chi connectivity index (χ2v) is 8.96. The number of ether oxygens (including phenoxy) is 1. The standard InChI is InChI=1S/C34H24N2O2/c37-34(38-33(26-17-9-3-10-18-26)27-19-11-4-12-20-27)28-21-22-29-30(23-28)36-32(25-15-7-2-8-16-25)31(35-29)24-13-5-1-6-14-24/h1-23,33H. The van der Waals surface area contributed by atoms with Gasteiger partial charge in [-0.2, -0.15) is 0 Å². The Kier molecular flexibility index (Phi) is 6.44. The van der Waals surface area contributed by atoms with Gasteiger partial charge >= 0.3 is 5.97 Å². The van der Waals surface area contributed by atoms with Gasteiger partial charge in [0.2, 0.25) is 0 Å². The molecule has 0 atom stereocenters. The maximum atomic E-state index is 13.4. The molecule has 182 valence electrons. The third kappa shape index (κ3) is 4.80. The van der Waals surface area contributed by atoms with Crippen LogP contribution in [-0.2, 0) is 4.74 Å². The van der Waals surface area contributed by atoms with E-state index in [1.807, 2.05) is 127 Å². The summed E-state index contributed by atoms with van der Waals surface area (Å²) in [6.07, 6.45) is -0.521. The van der Waals surface area contributed by atoms with Gasteiger partial charge in [-0.1, -0.05) is 121 Å². The molecule has 0 spiro atoms. The summed E-state index contributed by atoms with van der Waals surface area (Å²) in [6, 6.07) is 44.9. The van der Waals surface area contributed by atoms with Crippen molar-refractivity contribution in [3.63, 3.8) is 0 Å². The first-order chi connectivity index (χ1) is 18.8. The number of carbonyl (C=O) groups is 1. The van der Waals surface area contributed by atoms with Gasteiger partial charge in [0.1, 0.15) is 0 Å². The smallest absolute Gasteiger partial charge is 0.339 e. The Labute approximate surface area is 221 Å². The monoisotopic (exact) mass is 492 g/mol. The number of esters is 1. The molecule has 0 N–H and O–H groups in total. The fourth-order valence-corrected chi connectivity index (χ4v) is 4.54. The van der Waals surface area contributed by atoms with E-state index >= 15 is 0 Å². The Morgan fingerprint density at radius 3 is 1.47 bits per heavy atom. The van der Waals surface area contributed by atoms with Crippen LogP contribution < -0.4 is 0 Å². The molecule has 6 rings (SSSR count). The third-order valence-corrected chi connectivity index (χ3v) is 6.42. The summed E-state index contributed by atoms with van der Waals surface area (Å²) in [5.41, 5.74) is 7.10. The fraction of sp³-hybridized carbons (Fsp3) is 0.0294. The van der Waals surface area contributed by atoms with Gasteiger partial charge in [0.05, 0.1) is 28.0 Å². The van der Waals surface area contributed by atoms with Crippen LogP contribution in [0.15, 0.2) is 140 Å². The minimum Gasteiger partial charge on any atom is -0.449 e. The molecule has 4 heteroatoms. The van der Waals surface area contributed by atoms with Gasteiger partial charge in [-0.15, -0.1) is 0 Å². The van der Waals surface area contributed by atoms with Crippen molar-refractivity contribution in [1.82, 2.24) is 9.97 Å². The normalized spacial score (nSPS) is 11.0. The van der Waals surface area contributed by atoms with Gasteiger partial charge in [0.25, 0.3) is 0 Å². The maximum absolute atomic E-state index is 13.4. The first-order valence-electron chi connectivity index (χ1n) is 12.5. The van der Waals surface area contributed by atoms with Gasteiger partial charge in [-0.3, -0.25) is 0 Å². The number of hydrogen-bond donors (Lipinski definition) is 0. The second-order valence-electron chi connectivity index (χ2n) is 8.96. The number of aromatic nitrogens is 2. The summed E-state index contributed by atoms with van der Waals surface area (Å²) < 4.78 is 6.08. The molecule has 0 fully saturated rings. The molecule has 0 radical (unpaired) electrons. The van der Waals surface area contributed by atoms with Gasteiger partial charge in [0.15, 0.2) is 6.10 Å². The minimum absolute atomic E-state index is 0.417. The molecule has 0 amide bonds. The van der Waals surface area contributed by atoms with E-state index in [-0.39, 0.29) is 0 Å². The van der Waals surface area contributed by atoms with E-state index < -0.39 is 12.1 Å². The van der Waals surface area contributed by atoms with Crippen LogP contribution in [0.5, 0.6) is 0 Å². The van der Waals surface area contributed by atoms with Crippen LogP contribution >= 0.6 is 0 Å². The average Bonchev–Trinajstić information content (AvgIpc) is 3.00. The molecule has 0 aliphatic rings. The molecule has 5 aromatic carbocycles. The number of carbonyl (C=O) groups excluding carboxylic acids is 1. The lowest BCUT2D eigenvalue weighted by Crippen LogP contribution is -2.13. The molecule has 0 saturated heterocycles. The molecule has 0 saturated carbocycles. The van der Waals surface area contributed by atoms with E-state index in [1.54, 1.807) is 12.1 Å². The topological polar surface area (TPSA) is 52.1 Å². The summed E-state index contributed by atoms with van der Waals surface area (Å²) >= 11 is 0.